The number of rotatable bonds is 3. The molecule has 2 aromatic rings. The normalized spacial score (nSPS) is 10.8. The molecule has 20 heavy (non-hydrogen) atoms. The zero-order chi connectivity index (χ0) is 14.9. The zero-order valence-corrected chi connectivity index (χ0v) is 12.1. The first-order valence-corrected chi connectivity index (χ1v) is 6.70. The van der Waals surface area contributed by atoms with Crippen LogP contribution in [0.2, 0.25) is 10.2 Å². The van der Waals surface area contributed by atoms with E-state index in [-0.39, 0.29) is 15.9 Å². The molecule has 0 aliphatic heterocycles. The van der Waals surface area contributed by atoms with E-state index in [0.717, 1.165) is 10.6 Å². The molecule has 2 rings (SSSR count). The standard InChI is InChI=1S/C13H11Cl2FN2O2/c1-2-3-8-11(15)17-13(20)18(12(8)19)7-4-5-10(16)9(14)6-7/h4-6H,2-3H2,1H3,(H,17,20). The number of halogens is 3. The topological polar surface area (TPSA) is 54.9 Å². The summed E-state index contributed by atoms with van der Waals surface area (Å²) in [6.07, 6.45) is 1.13. The molecule has 0 amide bonds. The summed E-state index contributed by atoms with van der Waals surface area (Å²) in [6, 6.07) is 3.62. The van der Waals surface area contributed by atoms with E-state index >= 15 is 0 Å². The van der Waals surface area contributed by atoms with Crippen LogP contribution in [0.4, 0.5) is 4.39 Å². The highest BCUT2D eigenvalue weighted by atomic mass is 35.5. The second-order valence-corrected chi connectivity index (χ2v) is 5.00. The van der Waals surface area contributed by atoms with E-state index in [4.69, 9.17) is 23.2 Å². The van der Waals surface area contributed by atoms with Crippen molar-refractivity contribution >= 4 is 23.2 Å². The number of benzene rings is 1. The number of aromatic amines is 1. The van der Waals surface area contributed by atoms with Gasteiger partial charge >= 0.3 is 5.69 Å². The molecule has 0 aliphatic rings. The van der Waals surface area contributed by atoms with E-state index in [1.807, 2.05) is 6.92 Å². The maximum atomic E-state index is 13.2. The average Bonchev–Trinajstić information content (AvgIpc) is 2.38. The van der Waals surface area contributed by atoms with Gasteiger partial charge in [0.2, 0.25) is 0 Å². The number of hydrogen-bond acceptors (Lipinski definition) is 2. The molecule has 0 bridgehead atoms. The van der Waals surface area contributed by atoms with Gasteiger partial charge in [0.15, 0.2) is 0 Å². The Morgan fingerprint density at radius 1 is 1.30 bits per heavy atom. The molecular formula is C13H11Cl2FN2O2. The van der Waals surface area contributed by atoms with Gasteiger partial charge in [0.25, 0.3) is 5.56 Å². The predicted molar refractivity (Wildman–Crippen MR) is 76.6 cm³/mol. The van der Waals surface area contributed by atoms with Crippen LogP contribution in [0.3, 0.4) is 0 Å². The largest absolute Gasteiger partial charge is 0.334 e. The van der Waals surface area contributed by atoms with Crippen molar-refractivity contribution in [2.75, 3.05) is 0 Å². The lowest BCUT2D eigenvalue weighted by Gasteiger charge is -2.09. The summed E-state index contributed by atoms with van der Waals surface area (Å²) in [4.78, 5) is 26.6. The maximum Gasteiger partial charge on any atom is 0.334 e. The first-order chi connectivity index (χ1) is 9.45. The Kier molecular flexibility index (Phi) is 4.30. The molecule has 0 saturated carbocycles. The van der Waals surface area contributed by atoms with Crippen LogP contribution in [-0.2, 0) is 6.42 Å². The van der Waals surface area contributed by atoms with Gasteiger partial charge < -0.3 is 0 Å². The monoisotopic (exact) mass is 316 g/mol. The van der Waals surface area contributed by atoms with Gasteiger partial charge in [0.1, 0.15) is 11.0 Å². The first-order valence-electron chi connectivity index (χ1n) is 5.94. The fraction of sp³-hybridized carbons (Fsp3) is 0.231. The Labute approximate surface area is 123 Å². The van der Waals surface area contributed by atoms with Crippen LogP contribution in [0.15, 0.2) is 27.8 Å². The van der Waals surface area contributed by atoms with Gasteiger partial charge in [-0.25, -0.2) is 13.8 Å². The minimum Gasteiger partial charge on any atom is -0.297 e. The molecule has 1 aromatic heterocycles. The maximum absolute atomic E-state index is 13.2. The summed E-state index contributed by atoms with van der Waals surface area (Å²) in [7, 11) is 0. The lowest BCUT2D eigenvalue weighted by Crippen LogP contribution is -2.36. The van der Waals surface area contributed by atoms with Crippen LogP contribution in [0, 0.1) is 5.82 Å². The molecule has 7 heteroatoms. The smallest absolute Gasteiger partial charge is 0.297 e. The van der Waals surface area contributed by atoms with Crippen LogP contribution in [0.5, 0.6) is 0 Å². The molecule has 0 spiro atoms. The Morgan fingerprint density at radius 3 is 2.60 bits per heavy atom. The van der Waals surface area contributed by atoms with Crippen molar-refractivity contribution in [1.29, 1.82) is 0 Å². The third-order valence-electron chi connectivity index (χ3n) is 2.81. The summed E-state index contributed by atoms with van der Waals surface area (Å²) >= 11 is 11.5. The van der Waals surface area contributed by atoms with Crippen LogP contribution in [-0.4, -0.2) is 9.55 Å². The van der Waals surface area contributed by atoms with Gasteiger partial charge in [-0.05, 0) is 24.6 Å². The Hall–Kier alpha value is -1.59. The van der Waals surface area contributed by atoms with E-state index in [0.29, 0.717) is 18.4 Å². The molecule has 0 radical (unpaired) electrons. The molecule has 0 fully saturated rings. The van der Waals surface area contributed by atoms with E-state index in [1.54, 1.807) is 0 Å². The van der Waals surface area contributed by atoms with Crippen molar-refractivity contribution in [3.05, 3.63) is 60.6 Å². The summed E-state index contributed by atoms with van der Waals surface area (Å²) in [5.41, 5.74) is -0.711. The van der Waals surface area contributed by atoms with E-state index < -0.39 is 17.1 Å². The average molecular weight is 317 g/mol. The highest BCUT2D eigenvalue weighted by Crippen LogP contribution is 2.18. The van der Waals surface area contributed by atoms with Gasteiger partial charge in [-0.2, -0.15) is 0 Å². The number of hydrogen-bond donors (Lipinski definition) is 1. The van der Waals surface area contributed by atoms with Gasteiger partial charge in [0, 0.05) is 0 Å². The summed E-state index contributed by atoms with van der Waals surface area (Å²) in [5.74, 6) is -0.623. The van der Waals surface area contributed by atoms with Gasteiger partial charge in [0.05, 0.1) is 16.3 Å². The van der Waals surface area contributed by atoms with Crippen molar-refractivity contribution in [3.8, 4) is 5.69 Å². The highest BCUT2D eigenvalue weighted by molar-refractivity contribution is 6.31. The molecular weight excluding hydrogens is 306 g/mol. The molecule has 0 unspecified atom stereocenters. The third-order valence-corrected chi connectivity index (χ3v) is 3.42. The van der Waals surface area contributed by atoms with Gasteiger partial charge in [-0.15, -0.1) is 0 Å². The summed E-state index contributed by atoms with van der Waals surface area (Å²) in [5, 5.41) is -0.132. The third kappa shape index (κ3) is 2.64. The number of nitrogens with one attached hydrogen (secondary N) is 1. The first kappa shape index (κ1) is 14.8. The van der Waals surface area contributed by atoms with Crippen molar-refractivity contribution < 1.29 is 4.39 Å². The lowest BCUT2D eigenvalue weighted by atomic mass is 10.2. The predicted octanol–water partition coefficient (Wildman–Crippen LogP) is 2.92. The SMILES string of the molecule is CCCc1c(Cl)[nH]c(=O)n(-c2ccc(F)c(Cl)c2)c1=O. The van der Waals surface area contributed by atoms with E-state index in [9.17, 15) is 14.0 Å². The van der Waals surface area contributed by atoms with Crippen molar-refractivity contribution in [2.45, 2.75) is 19.8 Å². The minimum atomic E-state index is -0.692. The highest BCUT2D eigenvalue weighted by Gasteiger charge is 2.14. The number of H-pyrrole nitrogens is 1. The second kappa shape index (κ2) is 5.81. The summed E-state index contributed by atoms with van der Waals surface area (Å²) in [6.45, 7) is 1.89. The minimum absolute atomic E-state index is 0.0336. The molecule has 0 atom stereocenters. The summed E-state index contributed by atoms with van der Waals surface area (Å²) < 4.78 is 14.0. The van der Waals surface area contributed by atoms with Crippen LogP contribution in [0.1, 0.15) is 18.9 Å². The zero-order valence-electron chi connectivity index (χ0n) is 10.5. The molecule has 106 valence electrons. The second-order valence-electron chi connectivity index (χ2n) is 4.21. The molecule has 1 N–H and O–H groups in total. The van der Waals surface area contributed by atoms with Crippen LogP contribution >= 0.6 is 23.2 Å². The van der Waals surface area contributed by atoms with Crippen LogP contribution in [0.25, 0.3) is 5.69 Å². The van der Waals surface area contributed by atoms with Crippen molar-refractivity contribution in [2.24, 2.45) is 0 Å². The fourth-order valence-corrected chi connectivity index (χ4v) is 2.30. The molecule has 0 saturated heterocycles. The molecule has 4 nitrogen and oxygen atoms in total. The Morgan fingerprint density at radius 2 is 2.00 bits per heavy atom. The Bertz CT molecular complexity index is 768. The van der Waals surface area contributed by atoms with Crippen molar-refractivity contribution in [1.82, 2.24) is 9.55 Å². The molecule has 1 heterocycles. The molecule has 1 aromatic carbocycles. The number of nitrogens with zero attached hydrogens (tertiary/aromatic N) is 1. The fourth-order valence-electron chi connectivity index (χ4n) is 1.87. The quantitative estimate of drug-likeness (QED) is 0.885. The Balaban J connectivity index is 2.73. The van der Waals surface area contributed by atoms with Gasteiger partial charge in [-0.1, -0.05) is 36.5 Å². The van der Waals surface area contributed by atoms with E-state index in [1.165, 1.54) is 12.1 Å². The lowest BCUT2D eigenvalue weighted by molar-refractivity contribution is 0.627. The van der Waals surface area contributed by atoms with Crippen molar-refractivity contribution in [3.63, 3.8) is 0 Å². The number of aromatic nitrogens is 2. The van der Waals surface area contributed by atoms with Crippen LogP contribution < -0.4 is 11.2 Å². The van der Waals surface area contributed by atoms with Gasteiger partial charge in [-0.3, -0.25) is 9.78 Å². The van der Waals surface area contributed by atoms with E-state index in [2.05, 4.69) is 4.98 Å². The molecule has 0 aliphatic carbocycles.